The summed E-state index contributed by atoms with van der Waals surface area (Å²) in [5.41, 5.74) is 2.84. The number of hydrogen-bond acceptors (Lipinski definition) is 4. The van der Waals surface area contributed by atoms with E-state index in [-0.39, 0.29) is 6.10 Å². The quantitative estimate of drug-likeness (QED) is 0.895. The number of β-amino-alcohol motifs (C(OH)–C–C–N with tert-alkyl or cyclic N) is 1. The highest BCUT2D eigenvalue weighted by atomic mass is 16.5. The van der Waals surface area contributed by atoms with Crippen LogP contribution in [0.2, 0.25) is 0 Å². The molecule has 1 aromatic carbocycles. The molecular weight excluding hydrogens is 266 g/mol. The van der Waals surface area contributed by atoms with Gasteiger partial charge in [0.2, 0.25) is 0 Å². The first-order valence-electron chi connectivity index (χ1n) is 7.98. The van der Waals surface area contributed by atoms with Crippen molar-refractivity contribution < 1.29 is 14.6 Å². The van der Waals surface area contributed by atoms with Crippen LogP contribution in [0.25, 0.3) is 0 Å². The van der Waals surface area contributed by atoms with Crippen molar-refractivity contribution in [3.8, 4) is 0 Å². The summed E-state index contributed by atoms with van der Waals surface area (Å²) in [6, 6.07) is 8.59. The number of aliphatic hydroxyl groups excluding tert-OH is 1. The summed E-state index contributed by atoms with van der Waals surface area (Å²) in [7, 11) is 0. The minimum absolute atomic E-state index is 0.260. The zero-order chi connectivity index (χ0) is 14.5. The van der Waals surface area contributed by atoms with Gasteiger partial charge in [0, 0.05) is 32.8 Å². The molecule has 1 saturated heterocycles. The highest BCUT2D eigenvalue weighted by Gasteiger charge is 2.20. The van der Waals surface area contributed by atoms with E-state index in [2.05, 4.69) is 29.2 Å². The standard InChI is InChI=1S/C17H25NO3/c19-16(13-21-17-6-9-20-10-7-17)12-18-8-5-14-3-1-2-4-15(14)11-18/h1-4,16-17,19H,5-13H2. The molecule has 0 aromatic heterocycles. The fraction of sp³-hybridized carbons (Fsp3) is 0.647. The van der Waals surface area contributed by atoms with E-state index in [4.69, 9.17) is 9.47 Å². The van der Waals surface area contributed by atoms with Crippen molar-refractivity contribution in [1.29, 1.82) is 0 Å². The van der Waals surface area contributed by atoms with Crippen LogP contribution in [-0.4, -0.2) is 55.1 Å². The van der Waals surface area contributed by atoms with Gasteiger partial charge in [-0.3, -0.25) is 4.90 Å². The third-order valence-electron chi connectivity index (χ3n) is 4.37. The lowest BCUT2D eigenvalue weighted by Crippen LogP contribution is -2.39. The van der Waals surface area contributed by atoms with Crippen LogP contribution in [0, 0.1) is 0 Å². The number of rotatable bonds is 5. The second-order valence-electron chi connectivity index (χ2n) is 6.05. The summed E-state index contributed by atoms with van der Waals surface area (Å²) >= 11 is 0. The van der Waals surface area contributed by atoms with Gasteiger partial charge in [-0.25, -0.2) is 0 Å². The van der Waals surface area contributed by atoms with Crippen LogP contribution in [0.1, 0.15) is 24.0 Å². The molecule has 1 N–H and O–H groups in total. The van der Waals surface area contributed by atoms with Gasteiger partial charge in [0.25, 0.3) is 0 Å². The van der Waals surface area contributed by atoms with E-state index in [1.165, 1.54) is 11.1 Å². The van der Waals surface area contributed by atoms with Gasteiger partial charge in [0.05, 0.1) is 18.8 Å². The fourth-order valence-corrected chi connectivity index (χ4v) is 3.15. The second-order valence-corrected chi connectivity index (χ2v) is 6.05. The van der Waals surface area contributed by atoms with Crippen LogP contribution in [0.3, 0.4) is 0 Å². The normalized spacial score (nSPS) is 22.0. The van der Waals surface area contributed by atoms with E-state index in [0.29, 0.717) is 13.2 Å². The van der Waals surface area contributed by atoms with Crippen molar-refractivity contribution in [2.45, 2.75) is 38.0 Å². The molecule has 0 spiro atoms. The molecule has 116 valence electrons. The zero-order valence-electron chi connectivity index (χ0n) is 12.5. The maximum Gasteiger partial charge on any atom is 0.0900 e. The Balaban J connectivity index is 1.42. The van der Waals surface area contributed by atoms with E-state index in [0.717, 1.165) is 45.6 Å². The third-order valence-corrected chi connectivity index (χ3v) is 4.37. The van der Waals surface area contributed by atoms with Crippen molar-refractivity contribution in [1.82, 2.24) is 4.90 Å². The number of nitrogens with zero attached hydrogens (tertiary/aromatic N) is 1. The van der Waals surface area contributed by atoms with Gasteiger partial charge in [-0.2, -0.15) is 0 Å². The van der Waals surface area contributed by atoms with Crippen molar-refractivity contribution in [2.75, 3.05) is 32.9 Å². The van der Waals surface area contributed by atoms with E-state index < -0.39 is 6.10 Å². The van der Waals surface area contributed by atoms with Crippen LogP contribution < -0.4 is 0 Å². The first-order chi connectivity index (χ1) is 10.3. The molecule has 21 heavy (non-hydrogen) atoms. The molecule has 4 heteroatoms. The summed E-state index contributed by atoms with van der Waals surface area (Å²) < 4.78 is 11.1. The van der Waals surface area contributed by atoms with E-state index in [9.17, 15) is 5.11 Å². The van der Waals surface area contributed by atoms with Crippen LogP contribution in [0.15, 0.2) is 24.3 Å². The predicted molar refractivity (Wildman–Crippen MR) is 81.2 cm³/mol. The Hall–Kier alpha value is -0.940. The van der Waals surface area contributed by atoms with E-state index in [1.54, 1.807) is 0 Å². The SMILES string of the molecule is OC(COC1CCOCC1)CN1CCc2ccccc2C1. The fourth-order valence-electron chi connectivity index (χ4n) is 3.15. The summed E-state index contributed by atoms with van der Waals surface area (Å²) in [5, 5.41) is 10.2. The first kappa shape index (κ1) is 15.0. The Kier molecular flexibility index (Phi) is 5.25. The maximum absolute atomic E-state index is 10.2. The van der Waals surface area contributed by atoms with Crippen molar-refractivity contribution in [3.63, 3.8) is 0 Å². The first-order valence-corrected chi connectivity index (χ1v) is 7.98. The van der Waals surface area contributed by atoms with E-state index >= 15 is 0 Å². The topological polar surface area (TPSA) is 41.9 Å². The minimum atomic E-state index is -0.405. The van der Waals surface area contributed by atoms with Gasteiger partial charge in [-0.15, -0.1) is 0 Å². The van der Waals surface area contributed by atoms with Crippen molar-refractivity contribution in [2.24, 2.45) is 0 Å². The number of hydrogen-bond donors (Lipinski definition) is 1. The molecule has 0 saturated carbocycles. The number of fused-ring (bicyclic) bond motifs is 1. The lowest BCUT2D eigenvalue weighted by Gasteiger charge is -2.31. The Morgan fingerprint density at radius 1 is 1.24 bits per heavy atom. The highest BCUT2D eigenvalue weighted by molar-refractivity contribution is 5.29. The average Bonchev–Trinajstić information content (AvgIpc) is 2.54. The molecule has 0 radical (unpaired) electrons. The summed E-state index contributed by atoms with van der Waals surface area (Å²) in [4.78, 5) is 2.32. The molecule has 1 fully saturated rings. The predicted octanol–water partition coefficient (Wildman–Crippen LogP) is 1.60. The van der Waals surface area contributed by atoms with Gasteiger partial charge < -0.3 is 14.6 Å². The van der Waals surface area contributed by atoms with Crippen LogP contribution in [-0.2, 0) is 22.4 Å². The van der Waals surface area contributed by atoms with Gasteiger partial charge in [-0.1, -0.05) is 24.3 Å². The smallest absolute Gasteiger partial charge is 0.0900 e. The van der Waals surface area contributed by atoms with Gasteiger partial charge >= 0.3 is 0 Å². The Bertz CT molecular complexity index is 445. The molecular formula is C17H25NO3. The van der Waals surface area contributed by atoms with Gasteiger partial charge in [0.1, 0.15) is 0 Å². The Morgan fingerprint density at radius 3 is 2.81 bits per heavy atom. The largest absolute Gasteiger partial charge is 0.389 e. The van der Waals surface area contributed by atoms with E-state index in [1.807, 2.05) is 0 Å². The van der Waals surface area contributed by atoms with Crippen molar-refractivity contribution in [3.05, 3.63) is 35.4 Å². The molecule has 1 unspecified atom stereocenters. The highest BCUT2D eigenvalue weighted by Crippen LogP contribution is 2.18. The van der Waals surface area contributed by atoms with Crippen LogP contribution >= 0.6 is 0 Å². The molecule has 0 bridgehead atoms. The zero-order valence-corrected chi connectivity index (χ0v) is 12.5. The summed E-state index contributed by atoms with van der Waals surface area (Å²) in [6.45, 7) is 4.64. The molecule has 3 rings (SSSR count). The van der Waals surface area contributed by atoms with Crippen LogP contribution in [0.5, 0.6) is 0 Å². The molecule has 4 nitrogen and oxygen atoms in total. The Morgan fingerprint density at radius 2 is 2.00 bits per heavy atom. The minimum Gasteiger partial charge on any atom is -0.389 e. The third kappa shape index (κ3) is 4.27. The molecule has 2 aliphatic heterocycles. The molecule has 1 atom stereocenters. The summed E-state index contributed by atoms with van der Waals surface area (Å²) in [5.74, 6) is 0. The Labute approximate surface area is 126 Å². The lowest BCUT2D eigenvalue weighted by atomic mass is 10.00. The number of benzene rings is 1. The molecule has 2 aliphatic rings. The lowest BCUT2D eigenvalue weighted by molar-refractivity contribution is -0.0647. The van der Waals surface area contributed by atoms with Crippen LogP contribution in [0.4, 0.5) is 0 Å². The average molecular weight is 291 g/mol. The van der Waals surface area contributed by atoms with Crippen molar-refractivity contribution >= 4 is 0 Å². The maximum atomic E-state index is 10.2. The second kappa shape index (κ2) is 7.36. The molecule has 2 heterocycles. The molecule has 1 aromatic rings. The number of ether oxygens (including phenoxy) is 2. The monoisotopic (exact) mass is 291 g/mol. The molecule has 0 amide bonds. The number of aliphatic hydroxyl groups is 1. The van der Waals surface area contributed by atoms with Gasteiger partial charge in [0.15, 0.2) is 0 Å². The summed E-state index contributed by atoms with van der Waals surface area (Å²) in [6.07, 6.45) is 2.82. The van der Waals surface area contributed by atoms with Gasteiger partial charge in [-0.05, 0) is 30.4 Å². The molecule has 0 aliphatic carbocycles.